The van der Waals surface area contributed by atoms with Gasteiger partial charge in [-0.15, -0.1) is 0 Å². The highest BCUT2D eigenvalue weighted by Crippen LogP contribution is 2.18. The lowest BCUT2D eigenvalue weighted by molar-refractivity contribution is -0.121. The highest BCUT2D eigenvalue weighted by Gasteiger charge is 2.22. The first-order chi connectivity index (χ1) is 12.5. The number of methoxy groups -OCH3 is 1. The summed E-state index contributed by atoms with van der Waals surface area (Å²) < 4.78 is 10.4. The molecule has 0 saturated carbocycles. The van der Waals surface area contributed by atoms with Crippen LogP contribution in [0, 0.1) is 13.8 Å². The van der Waals surface area contributed by atoms with Crippen molar-refractivity contribution in [1.82, 2.24) is 15.4 Å². The van der Waals surface area contributed by atoms with Gasteiger partial charge in [-0.1, -0.05) is 17.3 Å². The molecule has 1 fully saturated rings. The van der Waals surface area contributed by atoms with Crippen molar-refractivity contribution in [2.75, 3.05) is 20.2 Å². The Morgan fingerprint density at radius 1 is 1.42 bits per heavy atom. The molecule has 3 rings (SSSR count). The molecular formula is C20H27N3O3. The molecule has 2 heterocycles. The van der Waals surface area contributed by atoms with Crippen molar-refractivity contribution in [1.29, 1.82) is 0 Å². The number of hydrogen-bond acceptors (Lipinski definition) is 5. The standard InChI is InChI=1S/C20H27N3O3/c1-14-19(15(2)26-22-14)11-20(24)21-17-7-5-9-23(13-17)12-16-6-4-8-18(10-16)25-3/h4,6,8,10,17H,5,7,9,11-13H2,1-3H3,(H,21,24). The van der Waals surface area contributed by atoms with Gasteiger partial charge in [-0.05, 0) is 50.9 Å². The Hall–Kier alpha value is -2.34. The third-order valence-electron chi connectivity index (χ3n) is 4.93. The summed E-state index contributed by atoms with van der Waals surface area (Å²) >= 11 is 0. The SMILES string of the molecule is COc1cccc(CN2CCCC(NC(=O)Cc3c(C)noc3C)C2)c1. The van der Waals surface area contributed by atoms with Crippen molar-refractivity contribution in [2.24, 2.45) is 0 Å². The number of aryl methyl sites for hydroxylation is 2. The minimum atomic E-state index is 0.0348. The van der Waals surface area contributed by atoms with Gasteiger partial charge in [-0.25, -0.2) is 0 Å². The van der Waals surface area contributed by atoms with Crippen LogP contribution in [0.4, 0.5) is 0 Å². The van der Waals surface area contributed by atoms with E-state index in [2.05, 4.69) is 27.5 Å². The molecule has 0 bridgehead atoms. The second kappa shape index (κ2) is 8.36. The van der Waals surface area contributed by atoms with Crippen molar-refractivity contribution in [3.8, 4) is 5.75 Å². The second-order valence-corrected chi connectivity index (χ2v) is 6.97. The molecule has 0 radical (unpaired) electrons. The van der Waals surface area contributed by atoms with Crippen LogP contribution in [0.5, 0.6) is 5.75 Å². The molecule has 6 nitrogen and oxygen atoms in total. The van der Waals surface area contributed by atoms with E-state index >= 15 is 0 Å². The smallest absolute Gasteiger partial charge is 0.224 e. The van der Waals surface area contributed by atoms with Crippen molar-refractivity contribution in [2.45, 2.75) is 45.7 Å². The van der Waals surface area contributed by atoms with E-state index in [4.69, 9.17) is 9.26 Å². The van der Waals surface area contributed by atoms with E-state index in [0.29, 0.717) is 6.42 Å². The van der Waals surface area contributed by atoms with Gasteiger partial charge in [0.05, 0.1) is 19.2 Å². The summed E-state index contributed by atoms with van der Waals surface area (Å²) in [5, 5.41) is 7.09. The summed E-state index contributed by atoms with van der Waals surface area (Å²) in [5.74, 6) is 1.64. The fourth-order valence-corrected chi connectivity index (χ4v) is 3.54. The molecule has 1 amide bonds. The number of nitrogens with one attached hydrogen (secondary N) is 1. The number of aromatic nitrogens is 1. The van der Waals surface area contributed by atoms with E-state index in [1.54, 1.807) is 7.11 Å². The molecule has 1 saturated heterocycles. The first kappa shape index (κ1) is 18.5. The molecule has 6 heteroatoms. The summed E-state index contributed by atoms with van der Waals surface area (Å²) in [6.07, 6.45) is 2.43. The van der Waals surface area contributed by atoms with Gasteiger partial charge in [0.2, 0.25) is 5.91 Å². The van der Waals surface area contributed by atoms with Crippen LogP contribution in [0.25, 0.3) is 0 Å². The zero-order valence-corrected chi connectivity index (χ0v) is 15.7. The van der Waals surface area contributed by atoms with Gasteiger partial charge < -0.3 is 14.6 Å². The van der Waals surface area contributed by atoms with E-state index in [-0.39, 0.29) is 11.9 Å². The Labute approximate surface area is 154 Å². The molecular weight excluding hydrogens is 330 g/mol. The lowest BCUT2D eigenvalue weighted by Crippen LogP contribution is -2.47. The van der Waals surface area contributed by atoms with Crippen molar-refractivity contribution in [3.63, 3.8) is 0 Å². The maximum atomic E-state index is 12.4. The van der Waals surface area contributed by atoms with Crippen molar-refractivity contribution >= 4 is 5.91 Å². The lowest BCUT2D eigenvalue weighted by Gasteiger charge is -2.33. The molecule has 1 aromatic heterocycles. The van der Waals surface area contributed by atoms with Crippen LogP contribution < -0.4 is 10.1 Å². The highest BCUT2D eigenvalue weighted by molar-refractivity contribution is 5.79. The second-order valence-electron chi connectivity index (χ2n) is 6.97. The third kappa shape index (κ3) is 4.64. The molecule has 1 aliphatic rings. The van der Waals surface area contributed by atoms with E-state index in [1.807, 2.05) is 26.0 Å². The Bertz CT molecular complexity index is 737. The van der Waals surface area contributed by atoms with Gasteiger partial charge in [-0.2, -0.15) is 0 Å². The molecule has 140 valence electrons. The fraction of sp³-hybridized carbons (Fsp3) is 0.500. The summed E-state index contributed by atoms with van der Waals surface area (Å²) in [5.41, 5.74) is 2.92. The number of likely N-dealkylation sites (tertiary alicyclic amines) is 1. The summed E-state index contributed by atoms with van der Waals surface area (Å²) in [6.45, 7) is 6.50. The Kier molecular flexibility index (Phi) is 5.93. The van der Waals surface area contributed by atoms with Crippen LogP contribution in [0.3, 0.4) is 0 Å². The molecule has 26 heavy (non-hydrogen) atoms. The average Bonchev–Trinajstić information content (AvgIpc) is 2.94. The van der Waals surface area contributed by atoms with Crippen LogP contribution in [-0.2, 0) is 17.8 Å². The monoisotopic (exact) mass is 357 g/mol. The van der Waals surface area contributed by atoms with Crippen LogP contribution in [-0.4, -0.2) is 42.2 Å². The maximum absolute atomic E-state index is 12.4. The molecule has 2 aromatic rings. The van der Waals surface area contributed by atoms with Crippen molar-refractivity contribution in [3.05, 3.63) is 46.8 Å². The molecule has 1 atom stereocenters. The molecule has 0 spiro atoms. The number of ether oxygens (including phenoxy) is 1. The third-order valence-corrected chi connectivity index (χ3v) is 4.93. The molecule has 1 aliphatic heterocycles. The van der Waals surface area contributed by atoms with Gasteiger partial charge in [0.25, 0.3) is 0 Å². The Morgan fingerprint density at radius 3 is 3.00 bits per heavy atom. The number of benzene rings is 1. The maximum Gasteiger partial charge on any atom is 0.224 e. The summed E-state index contributed by atoms with van der Waals surface area (Å²) in [6, 6.07) is 8.34. The zero-order valence-electron chi connectivity index (χ0n) is 15.7. The highest BCUT2D eigenvalue weighted by atomic mass is 16.5. The topological polar surface area (TPSA) is 67.6 Å². The van der Waals surface area contributed by atoms with Crippen LogP contribution in [0.1, 0.15) is 35.4 Å². The number of piperidine rings is 1. The molecule has 1 N–H and O–H groups in total. The first-order valence-corrected chi connectivity index (χ1v) is 9.11. The summed E-state index contributed by atoms with van der Waals surface area (Å²) in [7, 11) is 1.69. The number of carbonyl (C=O) groups is 1. The van der Waals surface area contributed by atoms with E-state index < -0.39 is 0 Å². The van der Waals surface area contributed by atoms with Crippen molar-refractivity contribution < 1.29 is 14.1 Å². The Balaban J connectivity index is 1.54. The van der Waals surface area contributed by atoms with E-state index in [1.165, 1.54) is 5.56 Å². The predicted octanol–water partition coefficient (Wildman–Crippen LogP) is 2.62. The average molecular weight is 357 g/mol. The normalized spacial score (nSPS) is 17.9. The largest absolute Gasteiger partial charge is 0.497 e. The van der Waals surface area contributed by atoms with Gasteiger partial charge in [0.1, 0.15) is 11.5 Å². The van der Waals surface area contributed by atoms with Crippen LogP contribution in [0.15, 0.2) is 28.8 Å². The number of rotatable bonds is 6. The van der Waals surface area contributed by atoms with E-state index in [0.717, 1.165) is 55.2 Å². The first-order valence-electron chi connectivity index (χ1n) is 9.11. The number of hydrogen-bond donors (Lipinski definition) is 1. The van der Waals surface area contributed by atoms with E-state index in [9.17, 15) is 4.79 Å². The minimum Gasteiger partial charge on any atom is -0.497 e. The van der Waals surface area contributed by atoms with Gasteiger partial charge in [0, 0.05) is 24.7 Å². The number of carbonyl (C=O) groups excluding carboxylic acids is 1. The van der Waals surface area contributed by atoms with Crippen LogP contribution >= 0.6 is 0 Å². The van der Waals surface area contributed by atoms with Gasteiger partial charge >= 0.3 is 0 Å². The fourth-order valence-electron chi connectivity index (χ4n) is 3.54. The minimum absolute atomic E-state index is 0.0348. The van der Waals surface area contributed by atoms with Gasteiger partial charge in [-0.3, -0.25) is 9.69 Å². The number of nitrogens with zero attached hydrogens (tertiary/aromatic N) is 2. The predicted molar refractivity (Wildman–Crippen MR) is 99.1 cm³/mol. The van der Waals surface area contributed by atoms with Gasteiger partial charge in [0.15, 0.2) is 0 Å². The summed E-state index contributed by atoms with van der Waals surface area (Å²) in [4.78, 5) is 14.8. The van der Waals surface area contributed by atoms with Crippen LogP contribution in [0.2, 0.25) is 0 Å². The quantitative estimate of drug-likeness (QED) is 0.861. The Morgan fingerprint density at radius 2 is 2.27 bits per heavy atom. The lowest BCUT2D eigenvalue weighted by atomic mass is 10.0. The number of amides is 1. The molecule has 1 aromatic carbocycles. The molecule has 1 unspecified atom stereocenters. The molecule has 0 aliphatic carbocycles. The zero-order chi connectivity index (χ0) is 18.5.